The van der Waals surface area contributed by atoms with Crippen molar-refractivity contribution in [3.8, 4) is 6.07 Å². The van der Waals surface area contributed by atoms with Crippen LogP contribution >= 0.6 is 0 Å². The first-order chi connectivity index (χ1) is 9.40. The van der Waals surface area contributed by atoms with Crippen molar-refractivity contribution in [2.75, 3.05) is 44.7 Å². The van der Waals surface area contributed by atoms with Gasteiger partial charge in [0, 0.05) is 32.0 Å². The molecule has 0 saturated carbocycles. The van der Waals surface area contributed by atoms with Crippen LogP contribution in [0.3, 0.4) is 0 Å². The van der Waals surface area contributed by atoms with Crippen LogP contribution in [0.4, 0.5) is 5.82 Å². The van der Waals surface area contributed by atoms with E-state index in [4.69, 9.17) is 10.00 Å². The minimum absolute atomic E-state index is 0.357. The summed E-state index contributed by atoms with van der Waals surface area (Å²) in [7, 11) is 0. The van der Waals surface area contributed by atoms with Crippen LogP contribution in [0, 0.1) is 11.3 Å². The maximum Gasteiger partial charge on any atom is 0.182 e. The second kappa shape index (κ2) is 7.67. The van der Waals surface area contributed by atoms with Gasteiger partial charge in [-0.05, 0) is 19.4 Å². The summed E-state index contributed by atoms with van der Waals surface area (Å²) >= 11 is 0. The predicted molar refractivity (Wildman–Crippen MR) is 71.7 cm³/mol. The quantitative estimate of drug-likeness (QED) is 0.766. The fourth-order valence-corrected chi connectivity index (χ4v) is 2.04. The highest BCUT2D eigenvalue weighted by Crippen LogP contribution is 2.07. The number of morpholine rings is 1. The normalized spacial score (nSPS) is 15.9. The average Bonchev–Trinajstić information content (AvgIpc) is 2.48. The maximum absolute atomic E-state index is 8.88. The molecule has 2 heterocycles. The highest BCUT2D eigenvalue weighted by atomic mass is 16.5. The number of nitriles is 1. The molecule has 0 spiro atoms. The molecule has 1 aliphatic heterocycles. The third-order valence-electron chi connectivity index (χ3n) is 3.10. The zero-order valence-electron chi connectivity index (χ0n) is 11.0. The van der Waals surface area contributed by atoms with Gasteiger partial charge in [-0.3, -0.25) is 4.90 Å². The zero-order chi connectivity index (χ0) is 13.3. The Bertz CT molecular complexity index is 425. The molecule has 1 aliphatic rings. The van der Waals surface area contributed by atoms with Crippen molar-refractivity contribution in [3.63, 3.8) is 0 Å². The molecule has 6 nitrogen and oxygen atoms in total. The van der Waals surface area contributed by atoms with Gasteiger partial charge in [0.25, 0.3) is 0 Å². The van der Waals surface area contributed by atoms with Gasteiger partial charge >= 0.3 is 0 Å². The van der Waals surface area contributed by atoms with Crippen molar-refractivity contribution in [2.45, 2.75) is 12.8 Å². The molecule has 1 N–H and O–H groups in total. The molecule has 0 aromatic carbocycles. The SMILES string of the molecule is N#Cc1nccnc1NCCCCN1CCOCC1. The molecule has 1 saturated heterocycles. The number of aromatic nitrogens is 2. The Morgan fingerprint density at radius 1 is 1.26 bits per heavy atom. The summed E-state index contributed by atoms with van der Waals surface area (Å²) in [5, 5.41) is 12.0. The average molecular weight is 261 g/mol. The molecule has 19 heavy (non-hydrogen) atoms. The number of ether oxygens (including phenoxy) is 1. The molecule has 0 bridgehead atoms. The maximum atomic E-state index is 8.88. The highest BCUT2D eigenvalue weighted by Gasteiger charge is 2.09. The van der Waals surface area contributed by atoms with Gasteiger partial charge in [0.05, 0.1) is 13.2 Å². The lowest BCUT2D eigenvalue weighted by molar-refractivity contribution is 0.0373. The number of hydrogen-bond acceptors (Lipinski definition) is 6. The standard InChI is InChI=1S/C13H19N5O/c14-11-12-13(17-5-4-15-12)16-3-1-2-6-18-7-9-19-10-8-18/h4-5H,1-3,6-10H2,(H,16,17). The molecule has 0 amide bonds. The number of anilines is 1. The smallest absolute Gasteiger partial charge is 0.182 e. The highest BCUT2D eigenvalue weighted by molar-refractivity contribution is 5.46. The van der Waals surface area contributed by atoms with E-state index in [9.17, 15) is 0 Å². The Kier molecular flexibility index (Phi) is 5.53. The van der Waals surface area contributed by atoms with Gasteiger partial charge in [-0.25, -0.2) is 9.97 Å². The summed E-state index contributed by atoms with van der Waals surface area (Å²) in [6, 6.07) is 2.03. The molecule has 0 radical (unpaired) electrons. The second-order valence-electron chi connectivity index (χ2n) is 4.45. The molecule has 2 rings (SSSR count). The lowest BCUT2D eigenvalue weighted by atomic mass is 10.2. The zero-order valence-corrected chi connectivity index (χ0v) is 11.0. The third kappa shape index (κ3) is 4.47. The van der Waals surface area contributed by atoms with E-state index in [1.54, 1.807) is 6.20 Å². The fraction of sp³-hybridized carbons (Fsp3) is 0.615. The number of nitrogens with one attached hydrogen (secondary N) is 1. The van der Waals surface area contributed by atoms with Crippen LogP contribution in [0.15, 0.2) is 12.4 Å². The van der Waals surface area contributed by atoms with Gasteiger partial charge in [0.2, 0.25) is 0 Å². The molecule has 0 atom stereocenters. The Morgan fingerprint density at radius 3 is 2.84 bits per heavy atom. The summed E-state index contributed by atoms with van der Waals surface area (Å²) in [5.41, 5.74) is 0.357. The molecule has 1 aromatic rings. The van der Waals surface area contributed by atoms with Gasteiger partial charge in [-0.2, -0.15) is 5.26 Å². The first kappa shape index (κ1) is 13.7. The van der Waals surface area contributed by atoms with Gasteiger partial charge in [-0.15, -0.1) is 0 Å². The summed E-state index contributed by atoms with van der Waals surface area (Å²) < 4.78 is 5.31. The monoisotopic (exact) mass is 261 g/mol. The first-order valence-electron chi connectivity index (χ1n) is 6.65. The minimum Gasteiger partial charge on any atom is -0.379 e. The van der Waals surface area contributed by atoms with Crippen molar-refractivity contribution in [1.82, 2.24) is 14.9 Å². The van der Waals surface area contributed by atoms with E-state index in [2.05, 4.69) is 20.2 Å². The van der Waals surface area contributed by atoms with Crippen molar-refractivity contribution in [1.29, 1.82) is 5.26 Å². The lowest BCUT2D eigenvalue weighted by Gasteiger charge is -2.26. The molecule has 102 valence electrons. The Balaban J connectivity index is 1.62. The van der Waals surface area contributed by atoms with E-state index < -0.39 is 0 Å². The van der Waals surface area contributed by atoms with Crippen LogP contribution in [0.25, 0.3) is 0 Å². The van der Waals surface area contributed by atoms with Gasteiger partial charge in [-0.1, -0.05) is 0 Å². The summed E-state index contributed by atoms with van der Waals surface area (Å²) in [4.78, 5) is 10.5. The number of unbranched alkanes of at least 4 members (excludes halogenated alkanes) is 1. The molecular weight excluding hydrogens is 242 g/mol. The fourth-order valence-electron chi connectivity index (χ4n) is 2.04. The lowest BCUT2D eigenvalue weighted by Crippen LogP contribution is -2.36. The summed E-state index contributed by atoms with van der Waals surface area (Å²) in [5.74, 6) is 0.580. The van der Waals surface area contributed by atoms with Crippen molar-refractivity contribution >= 4 is 5.82 Å². The summed E-state index contributed by atoms with van der Waals surface area (Å²) in [6.07, 6.45) is 5.31. The van der Waals surface area contributed by atoms with Crippen LogP contribution in [0.5, 0.6) is 0 Å². The number of hydrogen-bond donors (Lipinski definition) is 1. The van der Waals surface area contributed by atoms with E-state index >= 15 is 0 Å². The Labute approximate surface area is 113 Å². The molecule has 6 heteroatoms. The van der Waals surface area contributed by atoms with Crippen molar-refractivity contribution in [3.05, 3.63) is 18.1 Å². The van der Waals surface area contributed by atoms with E-state index in [0.29, 0.717) is 11.5 Å². The van der Waals surface area contributed by atoms with Crippen LogP contribution in [0.2, 0.25) is 0 Å². The van der Waals surface area contributed by atoms with Gasteiger partial charge < -0.3 is 10.1 Å². The van der Waals surface area contributed by atoms with Crippen LogP contribution in [0.1, 0.15) is 18.5 Å². The number of nitrogens with zero attached hydrogens (tertiary/aromatic N) is 4. The van der Waals surface area contributed by atoms with Crippen LogP contribution in [-0.2, 0) is 4.74 Å². The second-order valence-corrected chi connectivity index (χ2v) is 4.45. The molecule has 1 aromatic heterocycles. The first-order valence-corrected chi connectivity index (χ1v) is 6.65. The van der Waals surface area contributed by atoms with Crippen molar-refractivity contribution in [2.24, 2.45) is 0 Å². The van der Waals surface area contributed by atoms with Gasteiger partial charge in [0.15, 0.2) is 11.5 Å². The van der Waals surface area contributed by atoms with E-state index in [0.717, 1.165) is 52.2 Å². The van der Waals surface area contributed by atoms with Crippen LogP contribution in [-0.4, -0.2) is 54.3 Å². The third-order valence-corrected chi connectivity index (χ3v) is 3.10. The molecule has 0 unspecified atom stereocenters. The topological polar surface area (TPSA) is 74.1 Å². The molecule has 0 aliphatic carbocycles. The largest absolute Gasteiger partial charge is 0.379 e. The summed E-state index contributed by atoms with van der Waals surface area (Å²) in [6.45, 7) is 5.70. The van der Waals surface area contributed by atoms with E-state index in [-0.39, 0.29) is 0 Å². The number of rotatable bonds is 6. The molecular formula is C13H19N5O. The minimum atomic E-state index is 0.357. The Hall–Kier alpha value is -1.71. The van der Waals surface area contributed by atoms with E-state index in [1.807, 2.05) is 6.07 Å². The van der Waals surface area contributed by atoms with Gasteiger partial charge in [0.1, 0.15) is 6.07 Å². The van der Waals surface area contributed by atoms with E-state index in [1.165, 1.54) is 6.20 Å². The molecule has 1 fully saturated rings. The Morgan fingerprint density at radius 2 is 2.05 bits per heavy atom. The van der Waals surface area contributed by atoms with Crippen molar-refractivity contribution < 1.29 is 4.74 Å². The van der Waals surface area contributed by atoms with Crippen LogP contribution < -0.4 is 5.32 Å². The predicted octanol–water partition coefficient (Wildman–Crippen LogP) is 0.873.